The zero-order valence-electron chi connectivity index (χ0n) is 13.9. The summed E-state index contributed by atoms with van der Waals surface area (Å²) in [5.41, 5.74) is 1.45. The number of nitrogens with one attached hydrogen (secondary N) is 1. The summed E-state index contributed by atoms with van der Waals surface area (Å²) in [6.45, 7) is 0.728. The number of nitrogens with zero attached hydrogens (tertiary/aromatic N) is 1. The molecule has 2 aromatic rings. The van der Waals surface area contributed by atoms with Gasteiger partial charge in [-0.05, 0) is 36.2 Å². The molecule has 0 radical (unpaired) electrons. The van der Waals surface area contributed by atoms with Gasteiger partial charge in [0.15, 0.2) is 0 Å². The van der Waals surface area contributed by atoms with E-state index in [1.807, 2.05) is 12.1 Å². The van der Waals surface area contributed by atoms with Crippen LogP contribution in [0.3, 0.4) is 0 Å². The molecule has 0 bridgehead atoms. The quantitative estimate of drug-likeness (QED) is 0.850. The Balaban J connectivity index is 1.65. The third-order valence-corrected chi connectivity index (χ3v) is 4.28. The summed E-state index contributed by atoms with van der Waals surface area (Å²) in [5.74, 6) is -0.991. The molecule has 1 aliphatic heterocycles. The van der Waals surface area contributed by atoms with Crippen LogP contribution >= 0.6 is 0 Å². The number of benzene rings is 2. The van der Waals surface area contributed by atoms with E-state index in [9.17, 15) is 14.0 Å². The lowest BCUT2D eigenvalue weighted by Crippen LogP contribution is -2.36. The monoisotopic (exact) mass is 342 g/mol. The molecule has 1 heterocycles. The van der Waals surface area contributed by atoms with Crippen molar-refractivity contribution in [3.63, 3.8) is 0 Å². The van der Waals surface area contributed by atoms with Crippen molar-refractivity contribution in [3.8, 4) is 5.75 Å². The van der Waals surface area contributed by atoms with E-state index in [-0.39, 0.29) is 24.2 Å². The molecule has 1 saturated heterocycles. The molecule has 130 valence electrons. The van der Waals surface area contributed by atoms with E-state index < -0.39 is 5.92 Å². The molecular formula is C19H19FN2O3. The summed E-state index contributed by atoms with van der Waals surface area (Å²) in [6, 6.07) is 13.1. The summed E-state index contributed by atoms with van der Waals surface area (Å²) >= 11 is 0. The smallest absolute Gasteiger partial charge is 0.239 e. The van der Waals surface area contributed by atoms with Crippen LogP contribution in [-0.2, 0) is 16.1 Å². The van der Waals surface area contributed by atoms with Crippen molar-refractivity contribution in [2.45, 2.75) is 13.0 Å². The van der Waals surface area contributed by atoms with Crippen LogP contribution < -0.4 is 15.0 Å². The third kappa shape index (κ3) is 3.63. The molecule has 0 aliphatic carbocycles. The molecule has 1 fully saturated rings. The first-order chi connectivity index (χ1) is 12.1. The Kier molecular flexibility index (Phi) is 4.97. The van der Waals surface area contributed by atoms with Crippen LogP contribution in [0.2, 0.25) is 0 Å². The zero-order valence-corrected chi connectivity index (χ0v) is 13.9. The summed E-state index contributed by atoms with van der Waals surface area (Å²) in [4.78, 5) is 26.6. The van der Waals surface area contributed by atoms with Gasteiger partial charge in [0.2, 0.25) is 11.8 Å². The first-order valence-corrected chi connectivity index (χ1v) is 8.06. The molecule has 2 amide bonds. The highest BCUT2D eigenvalue weighted by molar-refractivity contribution is 6.10. The molecule has 0 spiro atoms. The second kappa shape index (κ2) is 7.34. The minimum atomic E-state index is -0.717. The van der Waals surface area contributed by atoms with Crippen LogP contribution in [-0.4, -0.2) is 25.5 Å². The minimum absolute atomic E-state index is 0.235. The molecule has 1 atom stereocenters. The summed E-state index contributed by atoms with van der Waals surface area (Å²) in [5, 5.41) is 2.75. The Morgan fingerprint density at radius 1 is 1.24 bits per heavy atom. The highest BCUT2D eigenvalue weighted by Gasteiger charge is 2.38. The van der Waals surface area contributed by atoms with Gasteiger partial charge in [0.05, 0.1) is 12.8 Å². The molecule has 0 aromatic heterocycles. The van der Waals surface area contributed by atoms with Gasteiger partial charge in [-0.1, -0.05) is 24.3 Å². The van der Waals surface area contributed by atoms with Crippen LogP contribution in [0.4, 0.5) is 10.1 Å². The van der Waals surface area contributed by atoms with Gasteiger partial charge < -0.3 is 15.0 Å². The fraction of sp³-hybridized carbons (Fsp3) is 0.263. The van der Waals surface area contributed by atoms with E-state index in [1.165, 1.54) is 12.1 Å². The summed E-state index contributed by atoms with van der Waals surface area (Å²) in [6.07, 6.45) is 0.451. The molecule has 2 aromatic carbocycles. The molecule has 0 saturated carbocycles. The minimum Gasteiger partial charge on any atom is -0.495 e. The van der Waals surface area contributed by atoms with Crippen molar-refractivity contribution in [1.29, 1.82) is 0 Å². The van der Waals surface area contributed by atoms with E-state index in [4.69, 9.17) is 4.74 Å². The molecule has 3 rings (SSSR count). The summed E-state index contributed by atoms with van der Waals surface area (Å²) in [7, 11) is 1.55. The second-order valence-electron chi connectivity index (χ2n) is 5.85. The molecule has 1 unspecified atom stereocenters. The van der Waals surface area contributed by atoms with Gasteiger partial charge in [-0.15, -0.1) is 0 Å². The molecule has 6 heteroatoms. The fourth-order valence-electron chi connectivity index (χ4n) is 2.93. The molecular weight excluding hydrogens is 323 g/mol. The van der Waals surface area contributed by atoms with E-state index >= 15 is 0 Å². The Hall–Kier alpha value is -2.89. The van der Waals surface area contributed by atoms with E-state index in [0.29, 0.717) is 24.4 Å². The van der Waals surface area contributed by atoms with E-state index in [0.717, 1.165) is 5.56 Å². The van der Waals surface area contributed by atoms with E-state index in [1.54, 1.807) is 36.3 Å². The number of hydrogen-bond donors (Lipinski definition) is 1. The van der Waals surface area contributed by atoms with E-state index in [2.05, 4.69) is 5.32 Å². The number of amides is 2. The normalized spacial score (nSPS) is 16.8. The first-order valence-electron chi connectivity index (χ1n) is 8.06. The highest BCUT2D eigenvalue weighted by Crippen LogP contribution is 2.32. The topological polar surface area (TPSA) is 58.6 Å². The maximum atomic E-state index is 12.9. The van der Waals surface area contributed by atoms with Crippen LogP contribution in [0.25, 0.3) is 0 Å². The standard InChI is InChI=1S/C19H19FN2O3/c1-25-17-5-3-2-4-16(17)22-11-10-15(19(22)24)18(23)21-12-13-6-8-14(20)9-7-13/h2-9,15H,10-12H2,1H3,(H,21,23). The van der Waals surface area contributed by atoms with Crippen LogP contribution in [0, 0.1) is 11.7 Å². The first kappa shape index (κ1) is 17.0. The SMILES string of the molecule is COc1ccccc1N1CCC(C(=O)NCc2ccc(F)cc2)C1=O. The lowest BCUT2D eigenvalue weighted by molar-refractivity contribution is -0.132. The number of para-hydroxylation sites is 2. The largest absolute Gasteiger partial charge is 0.495 e. The van der Waals surface area contributed by atoms with Crippen molar-refractivity contribution in [2.24, 2.45) is 5.92 Å². The second-order valence-corrected chi connectivity index (χ2v) is 5.85. The highest BCUT2D eigenvalue weighted by atomic mass is 19.1. The maximum Gasteiger partial charge on any atom is 0.239 e. The predicted molar refractivity (Wildman–Crippen MR) is 91.7 cm³/mol. The van der Waals surface area contributed by atoms with Crippen molar-refractivity contribution in [2.75, 3.05) is 18.6 Å². The van der Waals surface area contributed by atoms with Crippen LogP contribution in [0.1, 0.15) is 12.0 Å². The lowest BCUT2D eigenvalue weighted by atomic mass is 10.1. The Morgan fingerprint density at radius 3 is 2.68 bits per heavy atom. The van der Waals surface area contributed by atoms with Crippen LogP contribution in [0.5, 0.6) is 5.75 Å². The van der Waals surface area contributed by atoms with Gasteiger partial charge in [0.1, 0.15) is 17.5 Å². The zero-order chi connectivity index (χ0) is 17.8. The number of ether oxygens (including phenoxy) is 1. The Labute approximate surface area is 145 Å². The number of halogens is 1. The van der Waals surface area contributed by atoms with Gasteiger partial charge in [0, 0.05) is 13.1 Å². The number of methoxy groups -OCH3 is 1. The predicted octanol–water partition coefficient (Wildman–Crippen LogP) is 2.50. The molecule has 1 N–H and O–H groups in total. The Morgan fingerprint density at radius 2 is 1.96 bits per heavy atom. The Bertz CT molecular complexity index is 776. The van der Waals surface area contributed by atoms with Crippen LogP contribution in [0.15, 0.2) is 48.5 Å². The average Bonchev–Trinajstić information content (AvgIpc) is 3.02. The maximum absolute atomic E-state index is 12.9. The van der Waals surface area contributed by atoms with Crippen molar-refractivity contribution < 1.29 is 18.7 Å². The van der Waals surface area contributed by atoms with Gasteiger partial charge in [-0.3, -0.25) is 9.59 Å². The summed E-state index contributed by atoms with van der Waals surface area (Å²) < 4.78 is 18.2. The fourth-order valence-corrected chi connectivity index (χ4v) is 2.93. The molecule has 25 heavy (non-hydrogen) atoms. The van der Waals surface area contributed by atoms with Crippen molar-refractivity contribution in [3.05, 3.63) is 59.9 Å². The number of carbonyl (C=O) groups excluding carboxylic acids is 2. The van der Waals surface area contributed by atoms with Gasteiger partial charge >= 0.3 is 0 Å². The number of rotatable bonds is 5. The molecule has 5 nitrogen and oxygen atoms in total. The van der Waals surface area contributed by atoms with Gasteiger partial charge in [-0.2, -0.15) is 0 Å². The third-order valence-electron chi connectivity index (χ3n) is 4.28. The average molecular weight is 342 g/mol. The van der Waals surface area contributed by atoms with Gasteiger partial charge in [-0.25, -0.2) is 4.39 Å². The van der Waals surface area contributed by atoms with Crippen molar-refractivity contribution >= 4 is 17.5 Å². The van der Waals surface area contributed by atoms with Gasteiger partial charge in [0.25, 0.3) is 0 Å². The molecule has 1 aliphatic rings. The lowest BCUT2D eigenvalue weighted by Gasteiger charge is -2.19. The van der Waals surface area contributed by atoms with Crippen molar-refractivity contribution in [1.82, 2.24) is 5.32 Å². The number of carbonyl (C=O) groups is 2. The number of anilines is 1. The number of hydrogen-bond acceptors (Lipinski definition) is 3.